The molecule has 0 bridgehead atoms. The molecule has 0 aromatic carbocycles. The Balaban J connectivity index is 3.37. The second-order valence-corrected chi connectivity index (χ2v) is 4.27. The Labute approximate surface area is 67.7 Å². The van der Waals surface area contributed by atoms with Gasteiger partial charge in [0.1, 0.15) is 0 Å². The molecule has 0 N–H and O–H groups in total. The maximum Gasteiger partial charge on any atom is 0.0639 e. The van der Waals surface area contributed by atoms with Crippen molar-refractivity contribution in [2.45, 2.75) is 23.8 Å². The Bertz CT molecular complexity index is 60.7. The SMILES string of the molecule is CCCC(S)(S)CS. The van der Waals surface area contributed by atoms with Crippen LogP contribution < -0.4 is 0 Å². The lowest BCUT2D eigenvalue weighted by molar-refractivity contribution is 0.764. The molecule has 0 nitrogen and oxygen atoms in total. The lowest BCUT2D eigenvalue weighted by Crippen LogP contribution is -2.13. The highest BCUT2D eigenvalue weighted by atomic mass is 32.2. The van der Waals surface area contributed by atoms with E-state index in [4.69, 9.17) is 0 Å². The van der Waals surface area contributed by atoms with E-state index in [1.54, 1.807) is 0 Å². The standard InChI is InChI=1S/C5H12S3/c1-2-3-5(7,8)4-6/h6-8H,2-4H2,1H3. The Morgan fingerprint density at radius 2 is 1.88 bits per heavy atom. The second kappa shape index (κ2) is 3.96. The van der Waals surface area contributed by atoms with Crippen LogP contribution in [-0.2, 0) is 0 Å². The third kappa shape index (κ3) is 3.98. The van der Waals surface area contributed by atoms with Gasteiger partial charge < -0.3 is 0 Å². The van der Waals surface area contributed by atoms with Crippen molar-refractivity contribution in [2.75, 3.05) is 5.75 Å². The average Bonchev–Trinajstić information content (AvgIpc) is 1.67. The summed E-state index contributed by atoms with van der Waals surface area (Å²) < 4.78 is -0.155. The van der Waals surface area contributed by atoms with Crippen LogP contribution in [0.2, 0.25) is 0 Å². The zero-order valence-corrected chi connectivity index (χ0v) is 7.65. The third-order valence-corrected chi connectivity index (χ3v) is 2.71. The summed E-state index contributed by atoms with van der Waals surface area (Å²) in [7, 11) is 0. The molecule has 0 heterocycles. The quantitative estimate of drug-likeness (QED) is 0.418. The van der Waals surface area contributed by atoms with Crippen molar-refractivity contribution < 1.29 is 0 Å². The van der Waals surface area contributed by atoms with E-state index in [2.05, 4.69) is 44.8 Å². The maximum absolute atomic E-state index is 4.25. The van der Waals surface area contributed by atoms with Gasteiger partial charge in [-0.25, -0.2) is 0 Å². The summed E-state index contributed by atoms with van der Waals surface area (Å²) in [4.78, 5) is 0. The summed E-state index contributed by atoms with van der Waals surface area (Å²) in [6.07, 6.45) is 2.14. The van der Waals surface area contributed by atoms with Crippen molar-refractivity contribution in [1.82, 2.24) is 0 Å². The molecule has 0 rings (SSSR count). The summed E-state index contributed by atoms with van der Waals surface area (Å²) in [6, 6.07) is 0. The van der Waals surface area contributed by atoms with E-state index in [9.17, 15) is 0 Å². The van der Waals surface area contributed by atoms with E-state index < -0.39 is 0 Å². The number of hydrogen-bond acceptors (Lipinski definition) is 3. The van der Waals surface area contributed by atoms with Crippen LogP contribution in [-0.4, -0.2) is 9.83 Å². The molecule has 0 aromatic heterocycles. The number of rotatable bonds is 3. The maximum atomic E-state index is 4.25. The predicted octanol–water partition coefficient (Wildman–Crippen LogP) is 2.27. The van der Waals surface area contributed by atoms with Gasteiger partial charge in [0.15, 0.2) is 0 Å². The van der Waals surface area contributed by atoms with E-state index in [0.29, 0.717) is 0 Å². The first-order valence-corrected chi connectivity index (χ1v) is 4.20. The fourth-order valence-corrected chi connectivity index (χ4v) is 1.08. The zero-order valence-electron chi connectivity index (χ0n) is 4.96. The minimum absolute atomic E-state index is 0.155. The van der Waals surface area contributed by atoms with E-state index in [0.717, 1.165) is 18.6 Å². The molecule has 0 aliphatic heterocycles. The molecular formula is C5H12S3. The second-order valence-electron chi connectivity index (χ2n) is 1.89. The van der Waals surface area contributed by atoms with Gasteiger partial charge in [-0.3, -0.25) is 0 Å². The summed E-state index contributed by atoms with van der Waals surface area (Å²) in [6.45, 7) is 2.12. The van der Waals surface area contributed by atoms with Crippen molar-refractivity contribution in [3.05, 3.63) is 0 Å². The molecule has 0 unspecified atom stereocenters. The average molecular weight is 168 g/mol. The van der Waals surface area contributed by atoms with Crippen LogP contribution in [0.5, 0.6) is 0 Å². The van der Waals surface area contributed by atoms with Crippen LogP contribution in [0.3, 0.4) is 0 Å². The largest absolute Gasteiger partial charge is 0.177 e. The van der Waals surface area contributed by atoms with Crippen molar-refractivity contribution >= 4 is 37.9 Å². The molecule has 0 saturated carbocycles. The molecular weight excluding hydrogens is 156 g/mol. The molecule has 0 fully saturated rings. The highest BCUT2D eigenvalue weighted by Crippen LogP contribution is 2.26. The lowest BCUT2D eigenvalue weighted by Gasteiger charge is -2.17. The molecule has 0 atom stereocenters. The van der Waals surface area contributed by atoms with Crippen LogP contribution in [0.15, 0.2) is 0 Å². The van der Waals surface area contributed by atoms with Gasteiger partial charge in [-0.2, -0.15) is 37.9 Å². The minimum atomic E-state index is -0.155. The summed E-state index contributed by atoms with van der Waals surface area (Å²) in [5.41, 5.74) is 0. The fraction of sp³-hybridized carbons (Fsp3) is 1.00. The lowest BCUT2D eigenvalue weighted by atomic mass is 10.3. The van der Waals surface area contributed by atoms with Crippen LogP contribution in [0.4, 0.5) is 0 Å². The van der Waals surface area contributed by atoms with E-state index in [1.807, 2.05) is 0 Å². The Kier molecular flexibility index (Phi) is 4.48. The molecule has 0 radical (unpaired) electrons. The van der Waals surface area contributed by atoms with Crippen LogP contribution >= 0.6 is 37.9 Å². The number of thiol groups is 3. The highest BCUT2D eigenvalue weighted by molar-refractivity contribution is 8.01. The molecule has 0 aliphatic rings. The van der Waals surface area contributed by atoms with Gasteiger partial charge in [-0.1, -0.05) is 13.3 Å². The first-order chi connectivity index (χ1) is 3.62. The summed E-state index contributed by atoms with van der Waals surface area (Å²) in [5, 5.41) is 0. The molecule has 0 saturated heterocycles. The summed E-state index contributed by atoms with van der Waals surface area (Å²) in [5.74, 6) is 0.729. The highest BCUT2D eigenvalue weighted by Gasteiger charge is 2.15. The molecule has 0 aromatic rings. The number of hydrogen-bond donors (Lipinski definition) is 3. The van der Waals surface area contributed by atoms with E-state index in [-0.39, 0.29) is 4.08 Å². The molecule has 3 heteroatoms. The van der Waals surface area contributed by atoms with Gasteiger partial charge in [0, 0.05) is 5.75 Å². The van der Waals surface area contributed by atoms with Gasteiger partial charge in [-0.15, -0.1) is 0 Å². The van der Waals surface area contributed by atoms with Gasteiger partial charge in [0.2, 0.25) is 0 Å². The first kappa shape index (κ1) is 9.05. The molecule has 8 heavy (non-hydrogen) atoms. The van der Waals surface area contributed by atoms with Crippen molar-refractivity contribution in [1.29, 1.82) is 0 Å². The van der Waals surface area contributed by atoms with Gasteiger partial charge in [-0.05, 0) is 6.42 Å². The van der Waals surface area contributed by atoms with Crippen molar-refractivity contribution in [3.8, 4) is 0 Å². The van der Waals surface area contributed by atoms with Crippen LogP contribution in [0, 0.1) is 0 Å². The normalized spacial score (nSPS) is 12.0. The zero-order chi connectivity index (χ0) is 6.62. The Morgan fingerprint density at radius 1 is 1.38 bits per heavy atom. The summed E-state index contributed by atoms with van der Waals surface area (Å²) >= 11 is 12.6. The minimum Gasteiger partial charge on any atom is -0.177 e. The predicted molar refractivity (Wildman–Crippen MR) is 49.5 cm³/mol. The van der Waals surface area contributed by atoms with Crippen molar-refractivity contribution in [3.63, 3.8) is 0 Å². The van der Waals surface area contributed by atoms with Crippen LogP contribution in [0.25, 0.3) is 0 Å². The molecule has 0 amide bonds. The first-order valence-electron chi connectivity index (χ1n) is 2.68. The van der Waals surface area contributed by atoms with Crippen LogP contribution in [0.1, 0.15) is 19.8 Å². The molecule has 50 valence electrons. The van der Waals surface area contributed by atoms with Gasteiger partial charge in [0.25, 0.3) is 0 Å². The molecule has 0 spiro atoms. The fourth-order valence-electron chi connectivity index (χ4n) is 0.479. The Hall–Kier alpha value is 1.05. The van der Waals surface area contributed by atoms with E-state index in [1.165, 1.54) is 0 Å². The van der Waals surface area contributed by atoms with Gasteiger partial charge in [0.05, 0.1) is 4.08 Å². The van der Waals surface area contributed by atoms with E-state index >= 15 is 0 Å². The van der Waals surface area contributed by atoms with Gasteiger partial charge >= 0.3 is 0 Å². The Morgan fingerprint density at radius 3 is 2.00 bits per heavy atom. The monoisotopic (exact) mass is 168 g/mol. The third-order valence-electron chi connectivity index (χ3n) is 0.904. The molecule has 0 aliphatic carbocycles. The van der Waals surface area contributed by atoms with Crippen molar-refractivity contribution in [2.24, 2.45) is 0 Å². The smallest absolute Gasteiger partial charge is 0.0639 e. The topological polar surface area (TPSA) is 0 Å².